The van der Waals surface area contributed by atoms with Crippen molar-refractivity contribution in [2.24, 2.45) is 0 Å². The summed E-state index contributed by atoms with van der Waals surface area (Å²) in [6.07, 6.45) is -0.181. The van der Waals surface area contributed by atoms with E-state index in [-0.39, 0.29) is 66.0 Å². The molecule has 0 bridgehead atoms. The van der Waals surface area contributed by atoms with Crippen LogP contribution in [0.3, 0.4) is 0 Å². The van der Waals surface area contributed by atoms with Crippen molar-refractivity contribution in [3.63, 3.8) is 0 Å². The molecule has 4 N–H and O–H groups in total. The number of imide groups is 1. The summed E-state index contributed by atoms with van der Waals surface area (Å²) in [6.45, 7) is 3.51. The summed E-state index contributed by atoms with van der Waals surface area (Å²) < 4.78 is -0.776. The summed E-state index contributed by atoms with van der Waals surface area (Å²) in [6, 6.07) is 7.59. The van der Waals surface area contributed by atoms with E-state index in [1.807, 2.05) is 12.1 Å². The number of hydrogen-bond donors (Lipinski definition) is 4. The Labute approximate surface area is 277 Å². The average Bonchev–Trinajstić information content (AvgIpc) is 3.32. The van der Waals surface area contributed by atoms with Gasteiger partial charge in [-0.25, -0.2) is 19.9 Å². The molecule has 6 amide bonds. The number of thioether (sulfide) groups is 1. The van der Waals surface area contributed by atoms with Gasteiger partial charge in [0.25, 0.3) is 0 Å². The number of phenolic OH excluding ortho intramolecular Hbond substituents is 1. The molecule has 4 aliphatic heterocycles. The van der Waals surface area contributed by atoms with Crippen LogP contribution in [0.25, 0.3) is 0 Å². The zero-order valence-electron chi connectivity index (χ0n) is 23.4. The number of amides is 6. The summed E-state index contributed by atoms with van der Waals surface area (Å²) in [5.41, 5.74) is 4.25. The molecule has 4 saturated heterocycles. The van der Waals surface area contributed by atoms with Crippen molar-refractivity contribution in [3.05, 3.63) is 58.6 Å². The van der Waals surface area contributed by atoms with Crippen molar-refractivity contribution >= 4 is 58.9 Å². The van der Waals surface area contributed by atoms with Gasteiger partial charge in [0.1, 0.15) is 17.2 Å². The minimum atomic E-state index is -1.34. The number of aliphatic carboxylic acids is 1. The van der Waals surface area contributed by atoms with E-state index in [0.29, 0.717) is 10.6 Å². The second kappa shape index (κ2) is 11.5. The number of rotatable bonds is 6. The summed E-state index contributed by atoms with van der Waals surface area (Å²) in [7, 11) is 0. The molecule has 5 atom stereocenters. The summed E-state index contributed by atoms with van der Waals surface area (Å²) >= 11 is 7.58. The third-order valence-corrected chi connectivity index (χ3v) is 9.85. The largest absolute Gasteiger partial charge is 1.00 e. The Bertz CT molecular complexity index is 1540. The fourth-order valence-electron chi connectivity index (χ4n) is 5.86. The van der Waals surface area contributed by atoms with E-state index in [2.05, 4.69) is 16.1 Å². The van der Waals surface area contributed by atoms with Crippen LogP contribution in [-0.4, -0.2) is 84.6 Å². The van der Waals surface area contributed by atoms with E-state index >= 15 is 0 Å². The van der Waals surface area contributed by atoms with Gasteiger partial charge in [0.2, 0.25) is 11.8 Å². The minimum Gasteiger partial charge on any atom is -0.548 e. The molecule has 2 aromatic carbocycles. The number of nitrogens with zero attached hydrogens (tertiary/aromatic N) is 3. The van der Waals surface area contributed by atoms with E-state index in [9.17, 15) is 34.2 Å². The number of anilines is 1. The summed E-state index contributed by atoms with van der Waals surface area (Å²) in [5, 5.41) is 28.5. The SMILES string of the molecule is CC1(C)S[C@@H]2[C@H](NC(=O)Cc3ccc(O)c(NC(=O)N4CC5C(c6ccccc6Cl)NN5C4=O)c3)C(=O)N2[C@H]1C(=O)[O-].[Na+]. The molecule has 43 heavy (non-hydrogen) atoms. The molecular weight excluding hydrogens is 611 g/mol. The standard InChI is InChI=1S/C27H27ClN6O7S.Na/c1-27(2)21(24(38)39)33-22(37)20(23(33)42-27)30-18(36)10-12-7-8-17(35)15(9-12)29-25(40)32-11-16-19(31-34(16)26(32)41)13-5-3-4-6-14(13)28;/h3-9,16,19-21,23,31,35H,10-11H2,1-2H3,(H,29,40)(H,30,36)(H,38,39);/q;+1/p-1/t16?,19?,20-,21+,23-;/m1./s1. The Morgan fingerprint density at radius 2 is 1.91 bits per heavy atom. The maximum absolute atomic E-state index is 13.0. The van der Waals surface area contributed by atoms with Crippen molar-refractivity contribution in [3.8, 4) is 5.75 Å². The molecule has 0 aliphatic carbocycles. The van der Waals surface area contributed by atoms with E-state index < -0.39 is 52.1 Å². The number of halogens is 1. The first-order valence-electron chi connectivity index (χ1n) is 13.1. The normalized spacial score (nSPS) is 26.5. The predicted molar refractivity (Wildman–Crippen MR) is 149 cm³/mol. The molecule has 13 nitrogen and oxygen atoms in total. The van der Waals surface area contributed by atoms with Gasteiger partial charge in [-0.3, -0.25) is 14.6 Å². The summed E-state index contributed by atoms with van der Waals surface area (Å²) in [5.74, 6) is -2.60. The van der Waals surface area contributed by atoms with Crippen LogP contribution in [0.1, 0.15) is 31.0 Å². The van der Waals surface area contributed by atoms with Gasteiger partial charge in [-0.05, 0) is 43.2 Å². The Kier molecular flexibility index (Phi) is 8.39. The average molecular weight is 637 g/mol. The molecule has 4 heterocycles. The van der Waals surface area contributed by atoms with Crippen molar-refractivity contribution in [1.29, 1.82) is 0 Å². The molecule has 0 radical (unpaired) electrons. The van der Waals surface area contributed by atoms with Gasteiger partial charge in [0, 0.05) is 9.77 Å². The third kappa shape index (κ3) is 5.34. The van der Waals surface area contributed by atoms with Crippen LogP contribution in [-0.2, 0) is 20.8 Å². The second-order valence-corrected chi connectivity index (χ2v) is 13.2. The number of hydrazine groups is 1. The van der Waals surface area contributed by atoms with Gasteiger partial charge in [-0.2, -0.15) is 0 Å². The first-order valence-corrected chi connectivity index (χ1v) is 14.4. The number of carbonyl (C=O) groups excluding carboxylic acids is 5. The van der Waals surface area contributed by atoms with Crippen LogP contribution in [0.15, 0.2) is 42.5 Å². The van der Waals surface area contributed by atoms with Crippen molar-refractivity contribution in [2.45, 2.75) is 54.6 Å². The van der Waals surface area contributed by atoms with Gasteiger partial charge < -0.3 is 30.5 Å². The number of aromatic hydroxyl groups is 1. The fourth-order valence-corrected chi connectivity index (χ4v) is 7.74. The van der Waals surface area contributed by atoms with Gasteiger partial charge in [-0.15, -0.1) is 11.8 Å². The van der Waals surface area contributed by atoms with E-state index in [1.54, 1.807) is 26.0 Å². The van der Waals surface area contributed by atoms with Crippen molar-refractivity contribution in [2.75, 3.05) is 11.9 Å². The molecule has 4 aliphatic rings. The maximum atomic E-state index is 13.0. The topological polar surface area (TPSA) is 174 Å². The number of fused-ring (bicyclic) bond motifs is 2. The van der Waals surface area contributed by atoms with E-state index in [4.69, 9.17) is 11.6 Å². The van der Waals surface area contributed by atoms with Crippen LogP contribution >= 0.6 is 23.4 Å². The van der Waals surface area contributed by atoms with Gasteiger partial charge in [0.05, 0.1) is 42.7 Å². The Morgan fingerprint density at radius 3 is 2.60 bits per heavy atom. The monoisotopic (exact) mass is 636 g/mol. The van der Waals surface area contributed by atoms with E-state index in [0.717, 1.165) is 10.5 Å². The zero-order chi connectivity index (χ0) is 30.1. The van der Waals surface area contributed by atoms with E-state index in [1.165, 1.54) is 39.9 Å². The molecule has 220 valence electrons. The minimum absolute atomic E-state index is 0. The number of phenols is 1. The van der Waals surface area contributed by atoms with Gasteiger partial charge in [-0.1, -0.05) is 35.9 Å². The molecular formula is C27H26ClN6NaO7S. The Morgan fingerprint density at radius 1 is 1.19 bits per heavy atom. The van der Waals surface area contributed by atoms with Crippen LogP contribution in [0.5, 0.6) is 5.75 Å². The van der Waals surface area contributed by atoms with Crippen molar-refractivity contribution in [1.82, 2.24) is 25.6 Å². The quantitative estimate of drug-likeness (QED) is 0.156. The first kappa shape index (κ1) is 31.4. The summed E-state index contributed by atoms with van der Waals surface area (Å²) in [4.78, 5) is 65.1. The van der Waals surface area contributed by atoms with Gasteiger partial charge in [0.15, 0.2) is 0 Å². The first-order chi connectivity index (χ1) is 19.9. The predicted octanol–water partition coefficient (Wildman–Crippen LogP) is -2.21. The number of β-lactam (4-membered cyclic amide) rings is 1. The molecule has 16 heteroatoms. The molecule has 0 aromatic heterocycles. The number of urea groups is 2. The second-order valence-electron chi connectivity index (χ2n) is 11.0. The number of benzene rings is 2. The zero-order valence-corrected chi connectivity index (χ0v) is 26.9. The molecule has 0 spiro atoms. The molecule has 2 unspecified atom stereocenters. The number of carboxylic acids is 1. The maximum Gasteiger partial charge on any atom is 1.00 e. The van der Waals surface area contributed by atoms with Crippen molar-refractivity contribution < 1.29 is 63.7 Å². The fraction of sp³-hybridized carbons (Fsp3) is 0.370. The van der Waals surface area contributed by atoms with Gasteiger partial charge >= 0.3 is 41.6 Å². The molecule has 0 saturated carbocycles. The van der Waals surface area contributed by atoms with Crippen LogP contribution in [0.2, 0.25) is 5.02 Å². The number of carboxylic acid groups (broad SMARTS) is 1. The molecule has 6 rings (SSSR count). The molecule has 2 aromatic rings. The smallest absolute Gasteiger partial charge is 0.548 e. The third-order valence-electron chi connectivity index (χ3n) is 7.93. The van der Waals surface area contributed by atoms with Crippen LogP contribution in [0, 0.1) is 0 Å². The van der Waals surface area contributed by atoms with Crippen LogP contribution in [0.4, 0.5) is 15.3 Å². The number of hydrogen-bond acceptors (Lipinski definition) is 9. The number of nitrogens with one attached hydrogen (secondary N) is 3. The Balaban J connectivity index is 0.00000368. The molecule has 4 fully saturated rings. The number of carbonyl (C=O) groups is 5. The Hall–Kier alpha value is -3.01. The van der Waals surface area contributed by atoms with Crippen LogP contribution < -0.4 is 50.7 Å².